The van der Waals surface area contributed by atoms with Crippen LogP contribution in [0.15, 0.2) is 72.8 Å². The summed E-state index contributed by atoms with van der Waals surface area (Å²) < 4.78 is 13.8. The lowest BCUT2D eigenvalue weighted by atomic mass is 9.89. The molecule has 31 heavy (non-hydrogen) atoms. The van der Waals surface area contributed by atoms with E-state index in [4.69, 9.17) is 11.6 Å². The summed E-state index contributed by atoms with van der Waals surface area (Å²) in [4.78, 5) is 2.31. The smallest absolute Gasteiger partial charge is 0.140 e. The minimum Gasteiger partial charge on any atom is -0.367 e. The number of nitrogens with zero attached hydrogens (tertiary/aromatic N) is 2. The third kappa shape index (κ3) is 5.44. The summed E-state index contributed by atoms with van der Waals surface area (Å²) in [7, 11) is 0. The summed E-state index contributed by atoms with van der Waals surface area (Å²) in [5.74, 6) is 0.541. The van der Waals surface area contributed by atoms with Gasteiger partial charge in [0.15, 0.2) is 0 Å². The zero-order valence-electron chi connectivity index (χ0n) is 17.3. The van der Waals surface area contributed by atoms with Crippen molar-refractivity contribution in [3.8, 4) is 6.07 Å². The van der Waals surface area contributed by atoms with E-state index in [1.165, 1.54) is 11.6 Å². The molecule has 0 aromatic heterocycles. The molecular weight excluding hydrogens is 409 g/mol. The fourth-order valence-corrected chi connectivity index (χ4v) is 4.46. The topological polar surface area (TPSA) is 39.1 Å². The van der Waals surface area contributed by atoms with Crippen LogP contribution in [0.5, 0.6) is 0 Å². The molecule has 1 aliphatic rings. The number of halogens is 2. The van der Waals surface area contributed by atoms with Crippen LogP contribution < -0.4 is 10.2 Å². The third-order valence-corrected chi connectivity index (χ3v) is 6.24. The van der Waals surface area contributed by atoms with Crippen LogP contribution in [0.4, 0.5) is 10.1 Å². The molecule has 5 heteroatoms. The number of hydrogen-bond donors (Lipinski definition) is 1. The predicted octanol–water partition coefficient (Wildman–Crippen LogP) is 5.44. The van der Waals surface area contributed by atoms with Gasteiger partial charge in [0.2, 0.25) is 0 Å². The summed E-state index contributed by atoms with van der Waals surface area (Å²) in [5.41, 5.74) is 3.42. The van der Waals surface area contributed by atoms with Crippen molar-refractivity contribution in [3.63, 3.8) is 0 Å². The van der Waals surface area contributed by atoms with Crippen molar-refractivity contribution in [2.24, 2.45) is 11.8 Å². The average molecular weight is 434 g/mol. The van der Waals surface area contributed by atoms with Gasteiger partial charge in [-0.1, -0.05) is 48.0 Å². The van der Waals surface area contributed by atoms with Crippen molar-refractivity contribution in [1.82, 2.24) is 5.32 Å². The zero-order chi connectivity index (χ0) is 21.6. The highest BCUT2D eigenvalue weighted by molar-refractivity contribution is 6.30. The fraction of sp³-hybridized carbons (Fsp3) is 0.269. The molecular formula is C26H25ClFN3. The Hall–Kier alpha value is -2.87. The number of nitrogens with one attached hydrogen (secondary N) is 1. The maximum Gasteiger partial charge on any atom is 0.140 e. The summed E-state index contributed by atoms with van der Waals surface area (Å²) >= 11 is 6.11. The Morgan fingerprint density at radius 3 is 2.45 bits per heavy atom. The summed E-state index contributed by atoms with van der Waals surface area (Å²) in [6.07, 6.45) is 1.04. The number of nitriles is 1. The minimum absolute atomic E-state index is 0.0815. The fourth-order valence-electron chi connectivity index (χ4n) is 4.33. The first kappa shape index (κ1) is 21.4. The molecule has 0 bridgehead atoms. The maximum absolute atomic E-state index is 13.8. The Morgan fingerprint density at radius 2 is 1.71 bits per heavy atom. The van der Waals surface area contributed by atoms with Crippen LogP contribution in [0.25, 0.3) is 0 Å². The lowest BCUT2D eigenvalue weighted by molar-refractivity contribution is 0.413. The molecule has 1 saturated heterocycles. The lowest BCUT2D eigenvalue weighted by Gasteiger charge is -2.30. The molecule has 0 radical (unpaired) electrons. The van der Waals surface area contributed by atoms with Gasteiger partial charge in [-0.25, -0.2) is 4.39 Å². The van der Waals surface area contributed by atoms with E-state index < -0.39 is 5.82 Å². The molecule has 3 aromatic rings. The summed E-state index contributed by atoms with van der Waals surface area (Å²) in [5, 5.41) is 13.5. The van der Waals surface area contributed by atoms with E-state index in [-0.39, 0.29) is 5.56 Å². The largest absolute Gasteiger partial charge is 0.367 e. The van der Waals surface area contributed by atoms with Crippen molar-refractivity contribution in [2.45, 2.75) is 13.0 Å². The van der Waals surface area contributed by atoms with Crippen molar-refractivity contribution in [2.75, 3.05) is 24.5 Å². The van der Waals surface area contributed by atoms with Crippen LogP contribution >= 0.6 is 11.6 Å². The first-order valence-electron chi connectivity index (χ1n) is 10.6. The Labute approximate surface area is 188 Å². The van der Waals surface area contributed by atoms with E-state index in [1.54, 1.807) is 12.1 Å². The van der Waals surface area contributed by atoms with Gasteiger partial charge in [0, 0.05) is 23.8 Å². The van der Waals surface area contributed by atoms with Crippen molar-refractivity contribution < 1.29 is 4.39 Å². The summed E-state index contributed by atoms with van der Waals surface area (Å²) in [6.45, 7) is 3.44. The van der Waals surface area contributed by atoms with Gasteiger partial charge in [0.25, 0.3) is 0 Å². The molecule has 3 nitrogen and oxygen atoms in total. The van der Waals surface area contributed by atoms with Crippen LogP contribution in [-0.2, 0) is 13.0 Å². The Balaban J connectivity index is 1.55. The number of rotatable bonds is 7. The standard InChI is InChI=1S/C26H25ClFN3/c27-24-7-9-25(10-8-24)31(17-20-6-11-26(28)21(13-20)14-29)18-23-16-30-15-22(23)12-19-4-2-1-3-5-19/h1-11,13,22-23,30H,12,15-18H2. The van der Waals surface area contributed by atoms with Gasteiger partial charge in [0.05, 0.1) is 5.56 Å². The van der Waals surface area contributed by atoms with Gasteiger partial charge in [-0.15, -0.1) is 0 Å². The molecule has 0 amide bonds. The van der Waals surface area contributed by atoms with E-state index in [0.717, 1.165) is 37.3 Å². The van der Waals surface area contributed by atoms with Crippen molar-refractivity contribution >= 4 is 17.3 Å². The second kappa shape index (κ2) is 9.96. The molecule has 0 aliphatic carbocycles. The Morgan fingerprint density at radius 1 is 0.968 bits per heavy atom. The maximum atomic E-state index is 13.8. The molecule has 1 heterocycles. The van der Waals surface area contributed by atoms with E-state index >= 15 is 0 Å². The highest BCUT2D eigenvalue weighted by atomic mass is 35.5. The second-order valence-corrected chi connectivity index (χ2v) is 8.59. The van der Waals surface area contributed by atoms with Crippen LogP contribution in [-0.4, -0.2) is 19.6 Å². The van der Waals surface area contributed by atoms with E-state index in [9.17, 15) is 9.65 Å². The second-order valence-electron chi connectivity index (χ2n) is 8.15. The Bertz CT molecular complexity index is 1050. The zero-order valence-corrected chi connectivity index (χ0v) is 18.0. The van der Waals surface area contributed by atoms with Gasteiger partial charge in [-0.05, 0) is 78.9 Å². The quantitative estimate of drug-likeness (QED) is 0.539. The summed E-state index contributed by atoms with van der Waals surface area (Å²) in [6, 6.07) is 25.2. The van der Waals surface area contributed by atoms with Gasteiger partial charge < -0.3 is 10.2 Å². The van der Waals surface area contributed by atoms with Crippen LogP contribution in [0.1, 0.15) is 16.7 Å². The highest BCUT2D eigenvalue weighted by Crippen LogP contribution is 2.27. The molecule has 1 N–H and O–H groups in total. The van der Waals surface area contributed by atoms with Gasteiger partial charge in [-0.3, -0.25) is 0 Å². The number of hydrogen-bond acceptors (Lipinski definition) is 3. The van der Waals surface area contributed by atoms with Gasteiger partial charge in [0.1, 0.15) is 11.9 Å². The number of anilines is 1. The predicted molar refractivity (Wildman–Crippen MR) is 124 cm³/mol. The molecule has 158 valence electrons. The SMILES string of the molecule is N#Cc1cc(CN(CC2CNCC2Cc2ccccc2)c2ccc(Cl)cc2)ccc1F. The number of benzene rings is 3. The van der Waals surface area contributed by atoms with E-state index in [2.05, 4.69) is 34.5 Å². The van der Waals surface area contributed by atoms with Crippen molar-refractivity contribution in [3.05, 3.63) is 100 Å². The van der Waals surface area contributed by atoms with Crippen LogP contribution in [0.3, 0.4) is 0 Å². The van der Waals surface area contributed by atoms with Gasteiger partial charge >= 0.3 is 0 Å². The van der Waals surface area contributed by atoms with Crippen LogP contribution in [0, 0.1) is 29.0 Å². The molecule has 3 aromatic carbocycles. The van der Waals surface area contributed by atoms with Gasteiger partial charge in [-0.2, -0.15) is 5.26 Å². The molecule has 2 unspecified atom stereocenters. The van der Waals surface area contributed by atoms with Crippen LogP contribution in [0.2, 0.25) is 5.02 Å². The monoisotopic (exact) mass is 433 g/mol. The molecule has 0 spiro atoms. The Kier molecular flexibility index (Phi) is 6.86. The molecule has 0 saturated carbocycles. The third-order valence-electron chi connectivity index (χ3n) is 5.99. The van der Waals surface area contributed by atoms with Crippen molar-refractivity contribution in [1.29, 1.82) is 5.26 Å². The molecule has 1 fully saturated rings. The van der Waals surface area contributed by atoms with E-state index in [1.807, 2.05) is 36.4 Å². The highest BCUT2D eigenvalue weighted by Gasteiger charge is 2.29. The first-order chi connectivity index (χ1) is 15.1. The molecule has 2 atom stereocenters. The average Bonchev–Trinajstić information content (AvgIpc) is 3.22. The normalized spacial score (nSPS) is 18.0. The van der Waals surface area contributed by atoms with E-state index in [0.29, 0.717) is 23.4 Å². The lowest BCUT2D eigenvalue weighted by Crippen LogP contribution is -2.33. The molecule has 4 rings (SSSR count). The first-order valence-corrected chi connectivity index (χ1v) is 10.9. The minimum atomic E-state index is -0.479. The molecule has 1 aliphatic heterocycles.